The van der Waals surface area contributed by atoms with Crippen LogP contribution in [0.1, 0.15) is 18.4 Å². The Morgan fingerprint density at radius 2 is 1.89 bits per heavy atom. The summed E-state index contributed by atoms with van der Waals surface area (Å²) in [5.74, 6) is 2.52. The third-order valence-corrected chi connectivity index (χ3v) is 6.16. The molecule has 0 aliphatic rings. The van der Waals surface area contributed by atoms with Gasteiger partial charge in [0.15, 0.2) is 0 Å². The van der Waals surface area contributed by atoms with Crippen molar-refractivity contribution in [1.29, 1.82) is 0 Å². The maximum atomic E-state index is 13.2. The van der Waals surface area contributed by atoms with Crippen molar-refractivity contribution in [3.05, 3.63) is 87.2 Å². The molecule has 5 rings (SSSR count). The van der Waals surface area contributed by atoms with Gasteiger partial charge in [0.25, 0.3) is 5.56 Å². The van der Waals surface area contributed by atoms with Crippen molar-refractivity contribution < 1.29 is 13.9 Å². The molecule has 178 valence electrons. The molecule has 0 aliphatic carbocycles. The Balaban J connectivity index is 1.46. The molecule has 9 heteroatoms. The Hall–Kier alpha value is -3.85. The van der Waals surface area contributed by atoms with Crippen molar-refractivity contribution in [2.24, 2.45) is 0 Å². The second kappa shape index (κ2) is 9.42. The molecule has 3 heterocycles. The quantitative estimate of drug-likeness (QED) is 0.280. The molecule has 0 N–H and O–H groups in total. The van der Waals surface area contributed by atoms with Crippen LogP contribution in [0.25, 0.3) is 28.2 Å². The van der Waals surface area contributed by atoms with Gasteiger partial charge in [-0.2, -0.15) is 5.10 Å². The molecule has 0 aliphatic heterocycles. The third kappa shape index (κ3) is 4.46. The van der Waals surface area contributed by atoms with Crippen LogP contribution in [0.3, 0.4) is 0 Å². The van der Waals surface area contributed by atoms with Crippen LogP contribution in [0, 0.1) is 6.92 Å². The number of nitrogens with zero attached hydrogens (tertiary/aromatic N) is 4. The number of aromatic nitrogens is 4. The topological polar surface area (TPSA) is 83.8 Å². The first kappa shape index (κ1) is 22.9. The maximum absolute atomic E-state index is 13.2. The largest absolute Gasteiger partial charge is 0.496 e. The zero-order chi connectivity index (χ0) is 24.5. The third-order valence-electron chi connectivity index (χ3n) is 5.67. The van der Waals surface area contributed by atoms with Gasteiger partial charge in [-0.3, -0.25) is 4.79 Å². The Morgan fingerprint density at radius 3 is 2.63 bits per heavy atom. The summed E-state index contributed by atoms with van der Waals surface area (Å²) < 4.78 is 21.0. The first-order valence-electron chi connectivity index (χ1n) is 11.1. The molecule has 0 amide bonds. The molecule has 0 atom stereocenters. The van der Waals surface area contributed by atoms with Gasteiger partial charge in [0.1, 0.15) is 28.5 Å². The normalized spacial score (nSPS) is 11.2. The van der Waals surface area contributed by atoms with Gasteiger partial charge in [0.05, 0.1) is 31.5 Å². The van der Waals surface area contributed by atoms with Crippen molar-refractivity contribution in [2.45, 2.75) is 20.4 Å². The number of benzene rings is 2. The summed E-state index contributed by atoms with van der Waals surface area (Å²) in [4.78, 5) is 17.9. The summed E-state index contributed by atoms with van der Waals surface area (Å²) in [6.07, 6.45) is 3.47. The lowest BCUT2D eigenvalue weighted by molar-refractivity contribution is 0.340. The summed E-state index contributed by atoms with van der Waals surface area (Å²) in [6, 6.07) is 15.1. The summed E-state index contributed by atoms with van der Waals surface area (Å²) in [5.41, 5.74) is 3.33. The smallest absolute Gasteiger partial charge is 0.276 e. The van der Waals surface area contributed by atoms with Gasteiger partial charge in [-0.1, -0.05) is 15.9 Å². The lowest BCUT2D eigenvalue weighted by Gasteiger charge is -2.05. The van der Waals surface area contributed by atoms with Crippen molar-refractivity contribution in [1.82, 2.24) is 19.2 Å². The van der Waals surface area contributed by atoms with Gasteiger partial charge < -0.3 is 18.5 Å². The molecule has 8 nitrogen and oxygen atoms in total. The molecule has 35 heavy (non-hydrogen) atoms. The van der Waals surface area contributed by atoms with Gasteiger partial charge in [-0.15, -0.1) is 0 Å². The highest BCUT2D eigenvalue weighted by molar-refractivity contribution is 9.10. The van der Waals surface area contributed by atoms with Gasteiger partial charge in [-0.05, 0) is 62.4 Å². The fraction of sp³-hybridized carbons (Fsp3) is 0.192. The Kier molecular flexibility index (Phi) is 6.17. The minimum Gasteiger partial charge on any atom is -0.496 e. The number of fused-ring (bicyclic) bond motifs is 1. The van der Waals surface area contributed by atoms with Gasteiger partial charge >= 0.3 is 0 Å². The minimum absolute atomic E-state index is 0.166. The summed E-state index contributed by atoms with van der Waals surface area (Å²) in [7, 11) is 1.60. The van der Waals surface area contributed by atoms with Crippen LogP contribution >= 0.6 is 15.9 Å². The van der Waals surface area contributed by atoms with E-state index in [0.29, 0.717) is 40.9 Å². The predicted octanol–water partition coefficient (Wildman–Crippen LogP) is 5.34. The number of oxazole rings is 1. The van der Waals surface area contributed by atoms with Crippen molar-refractivity contribution in [3.8, 4) is 34.2 Å². The van der Waals surface area contributed by atoms with E-state index in [9.17, 15) is 4.79 Å². The SMILES string of the molecule is CCOc1ccc(-c2cc3c(=O)n(Cc4nc(-c5cc(Br)ccc5OC)oc4C)ccn3n2)cc1. The molecule has 0 unspecified atom stereocenters. The number of hydrogen-bond donors (Lipinski definition) is 0. The van der Waals surface area contributed by atoms with E-state index in [-0.39, 0.29) is 12.1 Å². The van der Waals surface area contributed by atoms with Crippen LogP contribution in [0.4, 0.5) is 0 Å². The molecule has 3 aromatic heterocycles. The molecular formula is C26H23BrN4O4. The fourth-order valence-corrected chi connectivity index (χ4v) is 4.24. The molecule has 0 spiro atoms. The van der Waals surface area contributed by atoms with Crippen molar-refractivity contribution >= 4 is 21.4 Å². The highest BCUT2D eigenvalue weighted by atomic mass is 79.9. The summed E-state index contributed by atoms with van der Waals surface area (Å²) in [6.45, 7) is 4.66. The van der Waals surface area contributed by atoms with E-state index in [4.69, 9.17) is 13.9 Å². The second-order valence-corrected chi connectivity index (χ2v) is 8.83. The first-order chi connectivity index (χ1) is 17.0. The maximum Gasteiger partial charge on any atom is 0.276 e. The molecular weight excluding hydrogens is 512 g/mol. The lowest BCUT2D eigenvalue weighted by atomic mass is 10.1. The van der Waals surface area contributed by atoms with E-state index in [1.54, 1.807) is 34.7 Å². The monoisotopic (exact) mass is 534 g/mol. The lowest BCUT2D eigenvalue weighted by Crippen LogP contribution is -2.22. The second-order valence-electron chi connectivity index (χ2n) is 7.91. The molecule has 0 radical (unpaired) electrons. The average molecular weight is 535 g/mol. The highest BCUT2D eigenvalue weighted by Gasteiger charge is 2.17. The van der Waals surface area contributed by atoms with Crippen LogP contribution in [0.5, 0.6) is 11.5 Å². The van der Waals surface area contributed by atoms with E-state index in [1.807, 2.05) is 56.3 Å². The Bertz CT molecular complexity index is 1570. The Morgan fingerprint density at radius 1 is 1.09 bits per heavy atom. The van der Waals surface area contributed by atoms with Crippen LogP contribution in [-0.4, -0.2) is 32.9 Å². The molecule has 0 fully saturated rings. The number of halogens is 1. The standard InChI is InChI=1S/C26H23BrN4O4/c1-4-34-19-8-5-17(6-9-19)21-14-23-26(32)30(11-12-31(23)29-21)15-22-16(2)35-25(28-22)20-13-18(27)7-10-24(20)33-3/h5-14H,4,15H2,1-3H3. The van der Waals surface area contributed by atoms with Crippen LogP contribution < -0.4 is 15.0 Å². The number of methoxy groups -OCH3 is 1. The molecule has 2 aromatic carbocycles. The van der Waals surface area contributed by atoms with E-state index >= 15 is 0 Å². The molecule has 0 saturated heterocycles. The van der Waals surface area contributed by atoms with Crippen molar-refractivity contribution in [2.75, 3.05) is 13.7 Å². The van der Waals surface area contributed by atoms with Gasteiger partial charge in [0, 0.05) is 22.4 Å². The van der Waals surface area contributed by atoms with Crippen LogP contribution in [0.2, 0.25) is 0 Å². The zero-order valence-electron chi connectivity index (χ0n) is 19.5. The van der Waals surface area contributed by atoms with Gasteiger partial charge in [0.2, 0.25) is 5.89 Å². The van der Waals surface area contributed by atoms with E-state index in [2.05, 4.69) is 26.0 Å². The van der Waals surface area contributed by atoms with Crippen molar-refractivity contribution in [3.63, 3.8) is 0 Å². The molecule has 0 bridgehead atoms. The highest BCUT2D eigenvalue weighted by Crippen LogP contribution is 2.33. The first-order valence-corrected chi connectivity index (χ1v) is 11.9. The summed E-state index contributed by atoms with van der Waals surface area (Å²) >= 11 is 3.48. The minimum atomic E-state index is -0.166. The predicted molar refractivity (Wildman–Crippen MR) is 136 cm³/mol. The van der Waals surface area contributed by atoms with Crippen LogP contribution in [0.15, 0.2) is 74.6 Å². The van der Waals surface area contributed by atoms with E-state index < -0.39 is 0 Å². The number of aryl methyl sites for hydroxylation is 1. The molecule has 0 saturated carbocycles. The summed E-state index contributed by atoms with van der Waals surface area (Å²) in [5, 5.41) is 4.57. The number of ether oxygens (including phenoxy) is 2. The van der Waals surface area contributed by atoms with E-state index in [1.165, 1.54) is 0 Å². The number of rotatable bonds is 7. The Labute approximate surface area is 209 Å². The van der Waals surface area contributed by atoms with Crippen LogP contribution in [-0.2, 0) is 6.54 Å². The zero-order valence-corrected chi connectivity index (χ0v) is 21.1. The van der Waals surface area contributed by atoms with Gasteiger partial charge in [-0.25, -0.2) is 9.50 Å². The fourth-order valence-electron chi connectivity index (χ4n) is 3.88. The average Bonchev–Trinajstić information content (AvgIpc) is 3.46. The van der Waals surface area contributed by atoms with E-state index in [0.717, 1.165) is 21.3 Å². The number of hydrogen-bond acceptors (Lipinski definition) is 6. The molecule has 5 aromatic rings.